The highest BCUT2D eigenvalue weighted by atomic mass is 16.4. The lowest BCUT2D eigenvalue weighted by atomic mass is 10.1. The van der Waals surface area contributed by atoms with E-state index in [2.05, 4.69) is 0 Å². The Morgan fingerprint density at radius 1 is 1.04 bits per heavy atom. The molecular weight excluding hydrogens is 292 g/mol. The molecule has 116 valence electrons. The van der Waals surface area contributed by atoms with Crippen LogP contribution in [0.3, 0.4) is 0 Å². The van der Waals surface area contributed by atoms with Gasteiger partial charge in [0, 0.05) is 12.1 Å². The van der Waals surface area contributed by atoms with E-state index in [0.717, 1.165) is 11.1 Å². The lowest BCUT2D eigenvalue weighted by Crippen LogP contribution is -2.35. The van der Waals surface area contributed by atoms with E-state index in [-0.39, 0.29) is 25.4 Å². The van der Waals surface area contributed by atoms with Crippen LogP contribution in [0.25, 0.3) is 0 Å². The lowest BCUT2D eigenvalue weighted by molar-refractivity contribution is -0.137. The van der Waals surface area contributed by atoms with Crippen molar-refractivity contribution >= 4 is 11.9 Å². The fourth-order valence-electron chi connectivity index (χ4n) is 2.25. The SMILES string of the molecule is N#CCc1cccc(C(=O)N(CC(=O)O)Cc2ccccc2)c1. The smallest absolute Gasteiger partial charge is 0.323 e. The van der Waals surface area contributed by atoms with Gasteiger partial charge in [-0.05, 0) is 23.3 Å². The van der Waals surface area contributed by atoms with Gasteiger partial charge in [-0.2, -0.15) is 5.26 Å². The molecule has 1 N–H and O–H groups in total. The normalized spacial score (nSPS) is 9.87. The Balaban J connectivity index is 2.24. The molecule has 0 saturated carbocycles. The molecule has 0 fully saturated rings. The van der Waals surface area contributed by atoms with Crippen molar-refractivity contribution < 1.29 is 14.7 Å². The highest BCUT2D eigenvalue weighted by Gasteiger charge is 2.19. The van der Waals surface area contributed by atoms with Crippen LogP contribution in [-0.2, 0) is 17.8 Å². The second-order valence-electron chi connectivity index (χ2n) is 5.08. The first-order valence-electron chi connectivity index (χ1n) is 7.11. The third-order valence-corrected chi connectivity index (χ3v) is 3.29. The van der Waals surface area contributed by atoms with E-state index in [1.807, 2.05) is 36.4 Å². The largest absolute Gasteiger partial charge is 0.480 e. The summed E-state index contributed by atoms with van der Waals surface area (Å²) in [7, 11) is 0. The van der Waals surface area contributed by atoms with Crippen molar-refractivity contribution in [2.24, 2.45) is 0 Å². The summed E-state index contributed by atoms with van der Waals surface area (Å²) in [4.78, 5) is 25.0. The van der Waals surface area contributed by atoms with Gasteiger partial charge >= 0.3 is 5.97 Å². The number of nitriles is 1. The maximum atomic E-state index is 12.6. The fraction of sp³-hybridized carbons (Fsp3) is 0.167. The summed E-state index contributed by atoms with van der Waals surface area (Å²) in [6.07, 6.45) is 0.207. The second kappa shape index (κ2) is 7.76. The number of carbonyl (C=O) groups excluding carboxylic acids is 1. The first-order valence-corrected chi connectivity index (χ1v) is 7.11. The van der Waals surface area contributed by atoms with E-state index < -0.39 is 5.97 Å². The third-order valence-electron chi connectivity index (χ3n) is 3.29. The molecule has 0 radical (unpaired) electrons. The summed E-state index contributed by atoms with van der Waals surface area (Å²) in [5.41, 5.74) is 1.97. The minimum Gasteiger partial charge on any atom is -0.480 e. The predicted molar refractivity (Wildman–Crippen MR) is 84.6 cm³/mol. The Kier molecular flexibility index (Phi) is 5.48. The molecule has 5 nitrogen and oxygen atoms in total. The number of amides is 1. The molecular formula is C18H16N2O3. The lowest BCUT2D eigenvalue weighted by Gasteiger charge is -2.21. The minimum absolute atomic E-state index is 0.207. The Bertz CT molecular complexity index is 735. The third kappa shape index (κ3) is 4.68. The summed E-state index contributed by atoms with van der Waals surface area (Å²) in [5, 5.41) is 17.8. The number of nitrogens with zero attached hydrogens (tertiary/aromatic N) is 2. The van der Waals surface area contributed by atoms with Crippen LogP contribution >= 0.6 is 0 Å². The van der Waals surface area contributed by atoms with Gasteiger partial charge in [-0.1, -0.05) is 42.5 Å². The molecule has 1 amide bonds. The Morgan fingerprint density at radius 2 is 1.74 bits per heavy atom. The molecule has 2 rings (SSSR count). The van der Waals surface area contributed by atoms with Crippen LogP contribution in [-0.4, -0.2) is 28.4 Å². The predicted octanol–water partition coefficient (Wildman–Crippen LogP) is 2.48. The number of carboxylic acids is 1. The maximum Gasteiger partial charge on any atom is 0.323 e. The van der Waals surface area contributed by atoms with Crippen molar-refractivity contribution in [1.29, 1.82) is 5.26 Å². The Labute approximate surface area is 134 Å². The minimum atomic E-state index is -1.07. The summed E-state index contributed by atoms with van der Waals surface area (Å²) < 4.78 is 0. The van der Waals surface area contributed by atoms with Crippen LogP contribution in [0.5, 0.6) is 0 Å². The summed E-state index contributed by atoms with van der Waals surface area (Å²) in [6, 6.07) is 18.0. The fourth-order valence-corrected chi connectivity index (χ4v) is 2.25. The number of carbonyl (C=O) groups is 2. The Hall–Kier alpha value is -3.13. The Morgan fingerprint density at radius 3 is 2.39 bits per heavy atom. The first kappa shape index (κ1) is 16.2. The molecule has 5 heteroatoms. The zero-order valence-corrected chi connectivity index (χ0v) is 12.5. The van der Waals surface area contributed by atoms with Crippen LogP contribution in [0.2, 0.25) is 0 Å². The average molecular weight is 308 g/mol. The zero-order chi connectivity index (χ0) is 16.7. The molecule has 23 heavy (non-hydrogen) atoms. The van der Waals surface area contributed by atoms with Crippen LogP contribution in [0, 0.1) is 11.3 Å². The molecule has 0 aliphatic rings. The summed E-state index contributed by atoms with van der Waals surface area (Å²) in [5.74, 6) is -1.43. The van der Waals surface area contributed by atoms with E-state index in [4.69, 9.17) is 10.4 Å². The zero-order valence-electron chi connectivity index (χ0n) is 12.5. The molecule has 0 spiro atoms. The molecule has 0 aromatic heterocycles. The molecule has 0 atom stereocenters. The first-order chi connectivity index (χ1) is 11.1. The standard InChI is InChI=1S/C18H16N2O3/c19-10-9-14-7-4-8-16(11-14)18(23)20(13-17(21)22)12-15-5-2-1-3-6-15/h1-8,11H,9,12-13H2,(H,21,22). The van der Waals surface area contributed by atoms with Crippen LogP contribution in [0.4, 0.5) is 0 Å². The summed E-state index contributed by atoms with van der Waals surface area (Å²) >= 11 is 0. The highest BCUT2D eigenvalue weighted by Crippen LogP contribution is 2.12. The van der Waals surface area contributed by atoms with Gasteiger partial charge in [0.2, 0.25) is 0 Å². The molecule has 2 aromatic rings. The van der Waals surface area contributed by atoms with Gasteiger partial charge in [0.05, 0.1) is 12.5 Å². The van der Waals surface area contributed by atoms with Crippen molar-refractivity contribution in [1.82, 2.24) is 4.90 Å². The van der Waals surface area contributed by atoms with Gasteiger partial charge in [0.25, 0.3) is 5.91 Å². The number of rotatable bonds is 6. The highest BCUT2D eigenvalue weighted by molar-refractivity contribution is 5.96. The molecule has 0 aliphatic heterocycles. The van der Waals surface area contributed by atoms with Gasteiger partial charge in [0.1, 0.15) is 6.54 Å². The average Bonchev–Trinajstić information content (AvgIpc) is 2.55. The van der Waals surface area contributed by atoms with Crippen molar-refractivity contribution in [2.75, 3.05) is 6.54 Å². The van der Waals surface area contributed by atoms with Crippen molar-refractivity contribution in [3.8, 4) is 6.07 Å². The second-order valence-corrected chi connectivity index (χ2v) is 5.08. The number of hydrogen-bond donors (Lipinski definition) is 1. The molecule has 0 unspecified atom stereocenters. The van der Waals surface area contributed by atoms with Crippen molar-refractivity contribution in [2.45, 2.75) is 13.0 Å². The van der Waals surface area contributed by atoms with Gasteiger partial charge in [0.15, 0.2) is 0 Å². The molecule has 2 aromatic carbocycles. The van der Waals surface area contributed by atoms with E-state index in [9.17, 15) is 9.59 Å². The van der Waals surface area contributed by atoms with Gasteiger partial charge in [-0.15, -0.1) is 0 Å². The van der Waals surface area contributed by atoms with Gasteiger partial charge in [-0.25, -0.2) is 0 Å². The number of aliphatic carboxylic acids is 1. The van der Waals surface area contributed by atoms with Crippen LogP contribution in [0.15, 0.2) is 54.6 Å². The number of carboxylic acid groups (broad SMARTS) is 1. The van der Waals surface area contributed by atoms with Crippen LogP contribution in [0.1, 0.15) is 21.5 Å². The topological polar surface area (TPSA) is 81.4 Å². The van der Waals surface area contributed by atoms with E-state index in [0.29, 0.717) is 5.56 Å². The summed E-state index contributed by atoms with van der Waals surface area (Å²) in [6.45, 7) is -0.162. The number of hydrogen-bond acceptors (Lipinski definition) is 3. The molecule has 0 bridgehead atoms. The molecule has 0 heterocycles. The maximum absolute atomic E-state index is 12.6. The van der Waals surface area contributed by atoms with Crippen molar-refractivity contribution in [3.63, 3.8) is 0 Å². The monoisotopic (exact) mass is 308 g/mol. The van der Waals surface area contributed by atoms with Gasteiger partial charge in [-0.3, -0.25) is 9.59 Å². The number of benzene rings is 2. The molecule has 0 saturated heterocycles. The van der Waals surface area contributed by atoms with Gasteiger partial charge < -0.3 is 10.0 Å². The quantitative estimate of drug-likeness (QED) is 0.889. The van der Waals surface area contributed by atoms with Crippen molar-refractivity contribution in [3.05, 3.63) is 71.3 Å². The van der Waals surface area contributed by atoms with E-state index >= 15 is 0 Å². The van der Waals surface area contributed by atoms with Crippen LogP contribution < -0.4 is 0 Å². The van der Waals surface area contributed by atoms with E-state index in [1.165, 1.54) is 4.90 Å². The molecule has 0 aliphatic carbocycles. The van der Waals surface area contributed by atoms with E-state index in [1.54, 1.807) is 24.3 Å².